The largest absolute Gasteiger partial charge is 0.312 e. The Morgan fingerprint density at radius 1 is 1.21 bits per heavy atom. The quantitative estimate of drug-likeness (QED) is 0.884. The number of pyridine rings is 1. The maximum Gasteiger partial charge on any atom is 0.0312 e. The average molecular weight is 260 g/mol. The SMILES string of the molecule is CC(C)(C)C1CCC(CNCc2cccnc2)CC1. The lowest BCUT2D eigenvalue weighted by Gasteiger charge is -2.37. The van der Waals surface area contributed by atoms with Gasteiger partial charge in [-0.15, -0.1) is 0 Å². The van der Waals surface area contributed by atoms with Gasteiger partial charge in [-0.1, -0.05) is 26.8 Å². The lowest BCUT2D eigenvalue weighted by atomic mass is 9.70. The Morgan fingerprint density at radius 2 is 1.95 bits per heavy atom. The van der Waals surface area contributed by atoms with Crippen molar-refractivity contribution >= 4 is 0 Å². The fourth-order valence-electron chi connectivity index (χ4n) is 3.16. The number of nitrogens with zero attached hydrogens (tertiary/aromatic N) is 1. The highest BCUT2D eigenvalue weighted by molar-refractivity contribution is 5.07. The molecule has 106 valence electrons. The Morgan fingerprint density at radius 3 is 2.53 bits per heavy atom. The summed E-state index contributed by atoms with van der Waals surface area (Å²) >= 11 is 0. The van der Waals surface area contributed by atoms with Crippen LogP contribution in [0.5, 0.6) is 0 Å². The fourth-order valence-corrected chi connectivity index (χ4v) is 3.16. The number of hydrogen-bond acceptors (Lipinski definition) is 2. The molecule has 2 heteroatoms. The Bertz CT molecular complexity index is 359. The van der Waals surface area contributed by atoms with Crippen molar-refractivity contribution in [3.05, 3.63) is 30.1 Å². The second kappa shape index (κ2) is 6.51. The summed E-state index contributed by atoms with van der Waals surface area (Å²) in [7, 11) is 0. The van der Waals surface area contributed by atoms with Crippen molar-refractivity contribution in [3.8, 4) is 0 Å². The molecule has 0 bridgehead atoms. The van der Waals surface area contributed by atoms with E-state index in [4.69, 9.17) is 0 Å². The van der Waals surface area contributed by atoms with Gasteiger partial charge in [-0.2, -0.15) is 0 Å². The van der Waals surface area contributed by atoms with Crippen LogP contribution in [0.1, 0.15) is 52.0 Å². The summed E-state index contributed by atoms with van der Waals surface area (Å²) in [5, 5.41) is 3.58. The Labute approximate surface area is 118 Å². The maximum absolute atomic E-state index is 4.15. The number of aromatic nitrogens is 1. The van der Waals surface area contributed by atoms with Gasteiger partial charge in [0.15, 0.2) is 0 Å². The van der Waals surface area contributed by atoms with Crippen LogP contribution in [0, 0.1) is 17.3 Å². The smallest absolute Gasteiger partial charge is 0.0312 e. The summed E-state index contributed by atoms with van der Waals surface area (Å²) < 4.78 is 0. The molecule has 1 aromatic heterocycles. The summed E-state index contributed by atoms with van der Waals surface area (Å²) in [5.74, 6) is 1.79. The number of rotatable bonds is 4. The van der Waals surface area contributed by atoms with Gasteiger partial charge < -0.3 is 5.32 Å². The first-order valence-electron chi connectivity index (χ1n) is 7.65. The molecular weight excluding hydrogens is 232 g/mol. The molecule has 0 saturated heterocycles. The van der Waals surface area contributed by atoms with Crippen LogP contribution in [0.2, 0.25) is 0 Å². The van der Waals surface area contributed by atoms with Crippen LogP contribution in [-0.4, -0.2) is 11.5 Å². The van der Waals surface area contributed by atoms with Crippen molar-refractivity contribution in [1.29, 1.82) is 0 Å². The molecule has 0 unspecified atom stereocenters. The van der Waals surface area contributed by atoms with Crippen LogP contribution in [0.3, 0.4) is 0 Å². The Kier molecular flexibility index (Phi) is 4.98. The second-order valence-corrected chi connectivity index (χ2v) is 7.08. The topological polar surface area (TPSA) is 24.9 Å². The molecular formula is C17H28N2. The molecule has 1 N–H and O–H groups in total. The predicted octanol–water partition coefficient (Wildman–Crippen LogP) is 4.02. The van der Waals surface area contributed by atoms with Crippen LogP contribution < -0.4 is 5.32 Å². The number of hydrogen-bond donors (Lipinski definition) is 1. The zero-order valence-electron chi connectivity index (χ0n) is 12.7. The lowest BCUT2D eigenvalue weighted by Crippen LogP contribution is -2.30. The van der Waals surface area contributed by atoms with Gasteiger partial charge in [0.05, 0.1) is 0 Å². The fraction of sp³-hybridized carbons (Fsp3) is 0.706. The van der Waals surface area contributed by atoms with Crippen molar-refractivity contribution in [2.24, 2.45) is 17.3 Å². The third-order valence-corrected chi connectivity index (χ3v) is 4.56. The zero-order valence-corrected chi connectivity index (χ0v) is 12.7. The first-order valence-corrected chi connectivity index (χ1v) is 7.65. The average Bonchev–Trinajstić information content (AvgIpc) is 2.39. The minimum absolute atomic E-state index is 0.494. The molecule has 0 amide bonds. The van der Waals surface area contributed by atoms with E-state index in [0.717, 1.165) is 24.9 Å². The second-order valence-electron chi connectivity index (χ2n) is 7.08. The minimum atomic E-state index is 0.494. The molecule has 1 saturated carbocycles. The lowest BCUT2D eigenvalue weighted by molar-refractivity contribution is 0.149. The minimum Gasteiger partial charge on any atom is -0.312 e. The third-order valence-electron chi connectivity index (χ3n) is 4.56. The molecule has 0 aromatic carbocycles. The zero-order chi connectivity index (χ0) is 13.7. The molecule has 2 nitrogen and oxygen atoms in total. The highest BCUT2D eigenvalue weighted by Crippen LogP contribution is 2.39. The van der Waals surface area contributed by atoms with Gasteiger partial charge in [-0.25, -0.2) is 0 Å². The normalized spacial score (nSPS) is 24.4. The van der Waals surface area contributed by atoms with Crippen molar-refractivity contribution in [2.75, 3.05) is 6.54 Å². The van der Waals surface area contributed by atoms with Crippen LogP contribution in [0.25, 0.3) is 0 Å². The van der Waals surface area contributed by atoms with Gasteiger partial charge in [-0.05, 0) is 61.1 Å². The van der Waals surface area contributed by atoms with Crippen LogP contribution in [0.4, 0.5) is 0 Å². The molecule has 0 atom stereocenters. The molecule has 1 aliphatic rings. The van der Waals surface area contributed by atoms with E-state index < -0.39 is 0 Å². The van der Waals surface area contributed by atoms with E-state index in [2.05, 4.69) is 37.1 Å². The van der Waals surface area contributed by atoms with Crippen molar-refractivity contribution in [1.82, 2.24) is 10.3 Å². The number of nitrogens with one attached hydrogen (secondary N) is 1. The first kappa shape index (κ1) is 14.5. The third kappa shape index (κ3) is 4.61. The molecule has 2 rings (SSSR count). The molecule has 1 fully saturated rings. The van der Waals surface area contributed by atoms with Gasteiger partial charge in [0, 0.05) is 18.9 Å². The summed E-state index contributed by atoms with van der Waals surface area (Å²) in [6, 6.07) is 4.14. The van der Waals surface area contributed by atoms with Crippen LogP contribution in [-0.2, 0) is 6.54 Å². The summed E-state index contributed by atoms with van der Waals surface area (Å²) in [5.41, 5.74) is 1.78. The van der Waals surface area contributed by atoms with Gasteiger partial charge in [0.25, 0.3) is 0 Å². The van der Waals surface area contributed by atoms with E-state index in [-0.39, 0.29) is 0 Å². The van der Waals surface area contributed by atoms with Gasteiger partial charge in [0.2, 0.25) is 0 Å². The van der Waals surface area contributed by atoms with Crippen molar-refractivity contribution < 1.29 is 0 Å². The van der Waals surface area contributed by atoms with Gasteiger partial charge >= 0.3 is 0 Å². The monoisotopic (exact) mass is 260 g/mol. The maximum atomic E-state index is 4.15. The Balaban J connectivity index is 1.66. The van der Waals surface area contributed by atoms with E-state index in [1.807, 2.05) is 18.5 Å². The molecule has 1 aliphatic carbocycles. The summed E-state index contributed by atoms with van der Waals surface area (Å²) in [6.07, 6.45) is 9.37. The molecule has 0 aliphatic heterocycles. The predicted molar refractivity (Wildman–Crippen MR) is 80.8 cm³/mol. The standard InChI is InChI=1S/C17H28N2/c1-17(2,3)16-8-6-14(7-9-16)11-19-13-15-5-4-10-18-12-15/h4-5,10,12,14,16,19H,6-9,11,13H2,1-3H3. The molecule has 0 radical (unpaired) electrons. The van der Waals surface area contributed by atoms with E-state index in [1.165, 1.54) is 31.2 Å². The van der Waals surface area contributed by atoms with Crippen LogP contribution >= 0.6 is 0 Å². The summed E-state index contributed by atoms with van der Waals surface area (Å²) in [4.78, 5) is 4.15. The molecule has 1 aromatic rings. The van der Waals surface area contributed by atoms with E-state index in [0.29, 0.717) is 5.41 Å². The molecule has 1 heterocycles. The van der Waals surface area contributed by atoms with Gasteiger partial charge in [-0.3, -0.25) is 4.98 Å². The first-order chi connectivity index (χ1) is 9.05. The van der Waals surface area contributed by atoms with Gasteiger partial charge in [0.1, 0.15) is 0 Å². The summed E-state index contributed by atoms with van der Waals surface area (Å²) in [6.45, 7) is 9.27. The van der Waals surface area contributed by atoms with E-state index >= 15 is 0 Å². The van der Waals surface area contributed by atoms with E-state index in [1.54, 1.807) is 0 Å². The van der Waals surface area contributed by atoms with Crippen LogP contribution in [0.15, 0.2) is 24.5 Å². The van der Waals surface area contributed by atoms with Crippen molar-refractivity contribution in [3.63, 3.8) is 0 Å². The van der Waals surface area contributed by atoms with E-state index in [9.17, 15) is 0 Å². The Hall–Kier alpha value is -0.890. The highest BCUT2D eigenvalue weighted by atomic mass is 14.9. The highest BCUT2D eigenvalue weighted by Gasteiger charge is 2.29. The van der Waals surface area contributed by atoms with Crippen molar-refractivity contribution in [2.45, 2.75) is 53.0 Å². The molecule has 19 heavy (non-hydrogen) atoms. The molecule has 0 spiro atoms.